The number of hydrogen-bond donors (Lipinski definition) is 1. The number of nitrogens with one attached hydrogen (secondary N) is 1. The van der Waals surface area contributed by atoms with Crippen molar-refractivity contribution in [1.82, 2.24) is 4.98 Å². The minimum absolute atomic E-state index is 0.0956. The lowest BCUT2D eigenvalue weighted by Crippen LogP contribution is -2.20. The molecule has 0 bridgehead atoms. The highest BCUT2D eigenvalue weighted by Crippen LogP contribution is 2.28. The van der Waals surface area contributed by atoms with E-state index in [4.69, 9.17) is 9.47 Å². The predicted octanol–water partition coefficient (Wildman–Crippen LogP) is 3.14. The van der Waals surface area contributed by atoms with Crippen molar-refractivity contribution in [2.75, 3.05) is 19.0 Å². The van der Waals surface area contributed by atoms with Crippen molar-refractivity contribution in [3.05, 3.63) is 54.4 Å². The molecular weight excluding hydrogens is 280 g/mol. The molecule has 1 aromatic heterocycles. The van der Waals surface area contributed by atoms with Crippen molar-refractivity contribution in [3.63, 3.8) is 0 Å². The molecule has 1 amide bonds. The molecule has 0 fully saturated rings. The monoisotopic (exact) mass is 298 g/mol. The second-order valence-electron chi connectivity index (χ2n) is 4.48. The second kappa shape index (κ2) is 7.83. The molecule has 0 radical (unpaired) electrons. The van der Waals surface area contributed by atoms with E-state index in [0.717, 1.165) is 5.56 Å². The molecule has 1 heterocycles. The van der Waals surface area contributed by atoms with Crippen LogP contribution in [0.15, 0.2) is 48.8 Å². The van der Waals surface area contributed by atoms with E-state index in [2.05, 4.69) is 10.3 Å². The molecule has 0 spiro atoms. The summed E-state index contributed by atoms with van der Waals surface area (Å²) in [6, 6.07) is 8.97. The predicted molar refractivity (Wildman–Crippen MR) is 86.1 cm³/mol. The number of pyridine rings is 1. The molecule has 0 aliphatic carbocycles. The number of nitrogens with zero attached hydrogens (tertiary/aromatic N) is 1. The Hall–Kier alpha value is -2.82. The fraction of sp³-hybridized carbons (Fsp3) is 0.176. The zero-order valence-corrected chi connectivity index (χ0v) is 12.6. The summed E-state index contributed by atoms with van der Waals surface area (Å²) in [4.78, 5) is 15.7. The van der Waals surface area contributed by atoms with Gasteiger partial charge in [0, 0.05) is 18.1 Å². The lowest BCUT2D eigenvalue weighted by molar-refractivity contribution is -0.118. The largest absolute Gasteiger partial charge is 0.493 e. The Bertz CT molecular complexity index is 654. The van der Waals surface area contributed by atoms with E-state index < -0.39 is 0 Å². The first-order valence-electron chi connectivity index (χ1n) is 6.86. The molecule has 0 atom stereocenters. The Balaban J connectivity index is 1.97. The quantitative estimate of drug-likeness (QED) is 0.890. The first-order chi connectivity index (χ1) is 10.7. The molecule has 0 saturated carbocycles. The third kappa shape index (κ3) is 4.34. The van der Waals surface area contributed by atoms with Gasteiger partial charge in [0.25, 0.3) is 5.91 Å². The topological polar surface area (TPSA) is 60.5 Å². The van der Waals surface area contributed by atoms with Gasteiger partial charge >= 0.3 is 0 Å². The Kier molecular flexibility index (Phi) is 5.54. The van der Waals surface area contributed by atoms with Crippen molar-refractivity contribution in [2.24, 2.45) is 0 Å². The number of anilines is 1. The van der Waals surface area contributed by atoms with Crippen molar-refractivity contribution < 1.29 is 14.3 Å². The number of methoxy groups -OCH3 is 1. The number of ether oxygens (including phenoxy) is 2. The summed E-state index contributed by atoms with van der Waals surface area (Å²) in [5.74, 6) is 0.874. The van der Waals surface area contributed by atoms with Gasteiger partial charge in [-0.25, -0.2) is 0 Å². The first-order valence-corrected chi connectivity index (χ1v) is 6.86. The Morgan fingerprint density at radius 2 is 2.00 bits per heavy atom. The maximum Gasteiger partial charge on any atom is 0.262 e. The van der Waals surface area contributed by atoms with Crippen LogP contribution in [0.25, 0.3) is 6.08 Å². The molecule has 0 saturated heterocycles. The van der Waals surface area contributed by atoms with Gasteiger partial charge in [-0.2, -0.15) is 0 Å². The number of allylic oxidation sites excluding steroid dienone is 1. The van der Waals surface area contributed by atoms with Gasteiger partial charge in [-0.05, 0) is 36.8 Å². The SMILES string of the molecule is C/C=C/c1ccc(OCC(=O)Nc2ccncc2)c(OC)c1. The molecule has 0 aliphatic heterocycles. The van der Waals surface area contributed by atoms with Crippen LogP contribution < -0.4 is 14.8 Å². The van der Waals surface area contributed by atoms with E-state index in [0.29, 0.717) is 17.2 Å². The van der Waals surface area contributed by atoms with Gasteiger partial charge in [-0.1, -0.05) is 18.2 Å². The summed E-state index contributed by atoms with van der Waals surface area (Å²) < 4.78 is 10.8. The number of carbonyl (C=O) groups is 1. The number of carbonyl (C=O) groups excluding carboxylic acids is 1. The van der Waals surface area contributed by atoms with E-state index in [1.165, 1.54) is 0 Å². The minimum atomic E-state index is -0.245. The lowest BCUT2D eigenvalue weighted by atomic mass is 10.2. The Labute approximate surface area is 129 Å². The lowest BCUT2D eigenvalue weighted by Gasteiger charge is -2.11. The molecule has 114 valence electrons. The van der Waals surface area contributed by atoms with Crippen LogP contribution in [-0.4, -0.2) is 24.6 Å². The Morgan fingerprint density at radius 1 is 1.23 bits per heavy atom. The molecular formula is C17H18N2O3. The van der Waals surface area contributed by atoms with Crippen LogP contribution in [0.2, 0.25) is 0 Å². The highest BCUT2D eigenvalue weighted by atomic mass is 16.5. The van der Waals surface area contributed by atoms with E-state index in [1.807, 2.05) is 31.2 Å². The van der Waals surface area contributed by atoms with Crippen LogP contribution >= 0.6 is 0 Å². The van der Waals surface area contributed by atoms with Gasteiger partial charge in [0.1, 0.15) is 0 Å². The van der Waals surface area contributed by atoms with E-state index >= 15 is 0 Å². The number of rotatable bonds is 6. The van der Waals surface area contributed by atoms with Crippen molar-refractivity contribution in [2.45, 2.75) is 6.92 Å². The maximum absolute atomic E-state index is 11.8. The minimum Gasteiger partial charge on any atom is -0.493 e. The summed E-state index contributed by atoms with van der Waals surface area (Å²) in [5.41, 5.74) is 1.69. The fourth-order valence-corrected chi connectivity index (χ4v) is 1.88. The van der Waals surface area contributed by atoms with Gasteiger partial charge in [0.15, 0.2) is 18.1 Å². The summed E-state index contributed by atoms with van der Waals surface area (Å²) >= 11 is 0. The van der Waals surface area contributed by atoms with Crippen molar-refractivity contribution >= 4 is 17.7 Å². The molecule has 2 aromatic rings. The third-order valence-corrected chi connectivity index (χ3v) is 2.87. The fourth-order valence-electron chi connectivity index (χ4n) is 1.88. The van der Waals surface area contributed by atoms with Crippen molar-refractivity contribution in [1.29, 1.82) is 0 Å². The molecule has 2 rings (SSSR count). The summed E-state index contributed by atoms with van der Waals surface area (Å²) in [5, 5.41) is 2.73. The second-order valence-corrected chi connectivity index (χ2v) is 4.48. The highest BCUT2D eigenvalue weighted by Gasteiger charge is 2.08. The van der Waals surface area contributed by atoms with Crippen LogP contribution in [0.1, 0.15) is 12.5 Å². The zero-order valence-electron chi connectivity index (χ0n) is 12.6. The van der Waals surface area contributed by atoms with Gasteiger partial charge in [0.05, 0.1) is 7.11 Å². The molecule has 5 heteroatoms. The molecule has 1 aromatic carbocycles. The van der Waals surface area contributed by atoms with Crippen LogP contribution in [0, 0.1) is 0 Å². The summed E-state index contributed by atoms with van der Waals surface area (Å²) in [7, 11) is 1.57. The smallest absolute Gasteiger partial charge is 0.262 e. The number of aromatic nitrogens is 1. The zero-order chi connectivity index (χ0) is 15.8. The summed E-state index contributed by atoms with van der Waals surface area (Å²) in [6.07, 6.45) is 7.12. The maximum atomic E-state index is 11.8. The number of amides is 1. The van der Waals surface area contributed by atoms with Gasteiger partial charge in [-0.15, -0.1) is 0 Å². The van der Waals surface area contributed by atoms with Crippen LogP contribution in [-0.2, 0) is 4.79 Å². The number of benzene rings is 1. The van der Waals surface area contributed by atoms with Gasteiger partial charge in [-0.3, -0.25) is 9.78 Å². The molecule has 1 N–H and O–H groups in total. The van der Waals surface area contributed by atoms with Crippen molar-refractivity contribution in [3.8, 4) is 11.5 Å². The average molecular weight is 298 g/mol. The highest BCUT2D eigenvalue weighted by molar-refractivity contribution is 5.91. The van der Waals surface area contributed by atoms with E-state index in [1.54, 1.807) is 37.7 Å². The Morgan fingerprint density at radius 3 is 2.68 bits per heavy atom. The average Bonchev–Trinajstić information content (AvgIpc) is 2.54. The molecule has 0 aliphatic rings. The molecule has 22 heavy (non-hydrogen) atoms. The first kappa shape index (κ1) is 15.6. The molecule has 0 unspecified atom stereocenters. The van der Waals surface area contributed by atoms with Gasteiger partial charge < -0.3 is 14.8 Å². The normalized spacial score (nSPS) is 10.5. The van der Waals surface area contributed by atoms with Crippen LogP contribution in [0.5, 0.6) is 11.5 Å². The van der Waals surface area contributed by atoms with Crippen LogP contribution in [0.3, 0.4) is 0 Å². The van der Waals surface area contributed by atoms with E-state index in [-0.39, 0.29) is 12.5 Å². The standard InChI is InChI=1S/C17H18N2O3/c1-3-4-13-5-6-15(16(11-13)21-2)22-12-17(20)19-14-7-9-18-10-8-14/h3-11H,12H2,1-2H3,(H,18,19,20)/b4-3+. The van der Waals surface area contributed by atoms with Crippen LogP contribution in [0.4, 0.5) is 5.69 Å². The third-order valence-electron chi connectivity index (χ3n) is 2.87. The van der Waals surface area contributed by atoms with Gasteiger partial charge in [0.2, 0.25) is 0 Å². The summed E-state index contributed by atoms with van der Waals surface area (Å²) in [6.45, 7) is 1.85. The molecule has 5 nitrogen and oxygen atoms in total. The van der Waals surface area contributed by atoms with E-state index in [9.17, 15) is 4.79 Å². The number of hydrogen-bond acceptors (Lipinski definition) is 4.